The van der Waals surface area contributed by atoms with Gasteiger partial charge in [0.2, 0.25) is 0 Å². The van der Waals surface area contributed by atoms with Gasteiger partial charge in [0.1, 0.15) is 16.5 Å². The van der Waals surface area contributed by atoms with Crippen molar-refractivity contribution in [2.24, 2.45) is 5.73 Å². The van der Waals surface area contributed by atoms with Gasteiger partial charge in [-0.25, -0.2) is 15.0 Å². The average molecular weight is 262 g/mol. The van der Waals surface area contributed by atoms with Crippen molar-refractivity contribution in [2.75, 3.05) is 0 Å². The van der Waals surface area contributed by atoms with Gasteiger partial charge in [-0.05, 0) is 13.0 Å². The maximum atomic E-state index is 5.81. The Morgan fingerprint density at radius 2 is 2.00 bits per heavy atom. The summed E-state index contributed by atoms with van der Waals surface area (Å²) in [7, 11) is 0. The molecule has 0 aromatic carbocycles. The van der Waals surface area contributed by atoms with Crippen LogP contribution in [0.3, 0.4) is 0 Å². The summed E-state index contributed by atoms with van der Waals surface area (Å²) in [6.45, 7) is 8.85. The number of hydrogen-bond acceptors (Lipinski definition) is 5. The van der Waals surface area contributed by atoms with Crippen LogP contribution in [0.4, 0.5) is 0 Å². The highest BCUT2D eigenvalue weighted by atomic mass is 32.1. The van der Waals surface area contributed by atoms with Gasteiger partial charge in [0.05, 0.1) is 5.69 Å². The number of nitrogens with two attached hydrogens (primary N) is 1. The molecule has 0 unspecified atom stereocenters. The first-order valence-electron chi connectivity index (χ1n) is 5.92. The van der Waals surface area contributed by atoms with Crippen molar-refractivity contribution in [3.63, 3.8) is 0 Å². The van der Waals surface area contributed by atoms with E-state index in [1.165, 1.54) is 0 Å². The van der Waals surface area contributed by atoms with Crippen molar-refractivity contribution in [3.8, 4) is 10.7 Å². The summed E-state index contributed by atoms with van der Waals surface area (Å²) in [5, 5.41) is 0.922. The monoisotopic (exact) mass is 262 g/mol. The van der Waals surface area contributed by atoms with Crippen LogP contribution in [-0.4, -0.2) is 15.0 Å². The van der Waals surface area contributed by atoms with Gasteiger partial charge in [-0.15, -0.1) is 11.3 Å². The summed E-state index contributed by atoms with van der Waals surface area (Å²) in [5.41, 5.74) is 7.76. The van der Waals surface area contributed by atoms with Crippen LogP contribution >= 0.6 is 11.3 Å². The van der Waals surface area contributed by atoms with Crippen LogP contribution in [0.2, 0.25) is 0 Å². The van der Waals surface area contributed by atoms with Gasteiger partial charge < -0.3 is 5.73 Å². The smallest absolute Gasteiger partial charge is 0.142 e. The summed E-state index contributed by atoms with van der Waals surface area (Å²) in [6.07, 6.45) is 1.76. The molecule has 0 radical (unpaired) electrons. The molecular weight excluding hydrogens is 244 g/mol. The standard InChI is InChI=1S/C13H18N4S/c1-8-15-6-5-9(16-8)12-17-11(13(2,3)4)10(7-14)18-12/h5-6H,7,14H2,1-4H3. The molecule has 0 saturated heterocycles. The first-order valence-corrected chi connectivity index (χ1v) is 6.73. The molecule has 2 heterocycles. The van der Waals surface area contributed by atoms with Crippen LogP contribution in [0, 0.1) is 6.92 Å². The minimum absolute atomic E-state index is 0.00548. The second-order valence-electron chi connectivity index (χ2n) is 5.23. The van der Waals surface area contributed by atoms with Crippen molar-refractivity contribution < 1.29 is 0 Å². The lowest BCUT2D eigenvalue weighted by Gasteiger charge is -2.16. The molecule has 0 atom stereocenters. The van der Waals surface area contributed by atoms with E-state index < -0.39 is 0 Å². The number of nitrogens with zero attached hydrogens (tertiary/aromatic N) is 3. The van der Waals surface area contributed by atoms with Crippen LogP contribution in [0.25, 0.3) is 10.7 Å². The fraction of sp³-hybridized carbons (Fsp3) is 0.462. The van der Waals surface area contributed by atoms with Crippen molar-refractivity contribution >= 4 is 11.3 Å². The fourth-order valence-corrected chi connectivity index (χ4v) is 2.88. The second kappa shape index (κ2) is 4.74. The molecule has 5 heteroatoms. The molecular formula is C13H18N4S. The zero-order valence-corrected chi connectivity index (χ0v) is 12.0. The van der Waals surface area contributed by atoms with Gasteiger partial charge in [-0.1, -0.05) is 20.8 Å². The van der Waals surface area contributed by atoms with E-state index >= 15 is 0 Å². The Labute approximate surface area is 111 Å². The molecule has 0 amide bonds. The molecule has 0 aliphatic rings. The van der Waals surface area contributed by atoms with E-state index in [0.29, 0.717) is 6.54 Å². The number of rotatable bonds is 2. The Morgan fingerprint density at radius 1 is 1.28 bits per heavy atom. The fourth-order valence-electron chi connectivity index (χ4n) is 1.76. The SMILES string of the molecule is Cc1nccc(-c2nc(C(C)(C)C)c(CN)s2)n1. The van der Waals surface area contributed by atoms with E-state index in [2.05, 4.69) is 30.7 Å². The lowest BCUT2D eigenvalue weighted by Crippen LogP contribution is -2.15. The molecule has 96 valence electrons. The first kappa shape index (κ1) is 13.1. The highest BCUT2D eigenvalue weighted by Gasteiger charge is 2.23. The molecule has 0 saturated carbocycles. The topological polar surface area (TPSA) is 64.7 Å². The first-order chi connectivity index (χ1) is 8.41. The number of aryl methyl sites for hydroxylation is 1. The molecule has 0 bridgehead atoms. The third-order valence-electron chi connectivity index (χ3n) is 2.59. The van der Waals surface area contributed by atoms with E-state index in [0.717, 1.165) is 27.1 Å². The van der Waals surface area contributed by atoms with Crippen molar-refractivity contribution in [3.05, 3.63) is 28.7 Å². The molecule has 2 aromatic rings. The van der Waals surface area contributed by atoms with Crippen LogP contribution in [0.5, 0.6) is 0 Å². The lowest BCUT2D eigenvalue weighted by molar-refractivity contribution is 0.567. The highest BCUT2D eigenvalue weighted by Crippen LogP contribution is 2.33. The van der Waals surface area contributed by atoms with Crippen LogP contribution in [0.15, 0.2) is 12.3 Å². The van der Waals surface area contributed by atoms with Crippen LogP contribution in [-0.2, 0) is 12.0 Å². The summed E-state index contributed by atoms with van der Waals surface area (Å²) in [5.74, 6) is 0.759. The summed E-state index contributed by atoms with van der Waals surface area (Å²) in [6, 6.07) is 1.89. The van der Waals surface area contributed by atoms with Gasteiger partial charge in [0.25, 0.3) is 0 Å². The summed E-state index contributed by atoms with van der Waals surface area (Å²) in [4.78, 5) is 14.4. The Balaban J connectivity index is 2.51. The van der Waals surface area contributed by atoms with E-state index in [9.17, 15) is 0 Å². The lowest BCUT2D eigenvalue weighted by atomic mass is 9.91. The van der Waals surface area contributed by atoms with Gasteiger partial charge in [-0.3, -0.25) is 0 Å². The molecule has 18 heavy (non-hydrogen) atoms. The third kappa shape index (κ3) is 2.57. The highest BCUT2D eigenvalue weighted by molar-refractivity contribution is 7.15. The normalized spacial score (nSPS) is 11.8. The molecule has 2 N–H and O–H groups in total. The van der Waals surface area contributed by atoms with E-state index in [1.54, 1.807) is 17.5 Å². The number of aromatic nitrogens is 3. The molecule has 4 nitrogen and oxygen atoms in total. The molecule has 0 spiro atoms. The van der Waals surface area contributed by atoms with Gasteiger partial charge in [0, 0.05) is 23.0 Å². The largest absolute Gasteiger partial charge is 0.326 e. The summed E-state index contributed by atoms with van der Waals surface area (Å²) < 4.78 is 0. The van der Waals surface area contributed by atoms with Gasteiger partial charge >= 0.3 is 0 Å². The average Bonchev–Trinajstić information content (AvgIpc) is 2.72. The minimum Gasteiger partial charge on any atom is -0.326 e. The molecule has 2 aromatic heterocycles. The zero-order chi connectivity index (χ0) is 13.3. The maximum Gasteiger partial charge on any atom is 0.142 e. The third-order valence-corrected chi connectivity index (χ3v) is 3.69. The van der Waals surface area contributed by atoms with Gasteiger partial charge in [-0.2, -0.15) is 0 Å². The number of thiazole rings is 1. The minimum atomic E-state index is 0.00548. The second-order valence-corrected chi connectivity index (χ2v) is 6.32. The van der Waals surface area contributed by atoms with Crippen molar-refractivity contribution in [2.45, 2.75) is 39.7 Å². The molecule has 2 rings (SSSR count). The summed E-state index contributed by atoms with van der Waals surface area (Å²) >= 11 is 1.62. The Kier molecular flexibility index (Phi) is 3.45. The zero-order valence-electron chi connectivity index (χ0n) is 11.2. The molecule has 0 aliphatic carbocycles. The van der Waals surface area contributed by atoms with Crippen LogP contribution in [0.1, 0.15) is 37.2 Å². The van der Waals surface area contributed by atoms with Gasteiger partial charge in [0.15, 0.2) is 0 Å². The Bertz CT molecular complexity index is 554. The maximum absolute atomic E-state index is 5.81. The van der Waals surface area contributed by atoms with E-state index in [1.807, 2.05) is 13.0 Å². The van der Waals surface area contributed by atoms with Crippen LogP contribution < -0.4 is 5.73 Å². The predicted molar refractivity (Wildman–Crippen MR) is 74.5 cm³/mol. The Hall–Kier alpha value is -1.33. The number of hydrogen-bond donors (Lipinski definition) is 1. The van der Waals surface area contributed by atoms with Crippen molar-refractivity contribution in [1.82, 2.24) is 15.0 Å². The Morgan fingerprint density at radius 3 is 2.50 bits per heavy atom. The molecule has 0 fully saturated rings. The van der Waals surface area contributed by atoms with E-state index in [-0.39, 0.29) is 5.41 Å². The quantitative estimate of drug-likeness (QED) is 0.903. The van der Waals surface area contributed by atoms with Crippen molar-refractivity contribution in [1.29, 1.82) is 0 Å². The molecule has 0 aliphatic heterocycles. The van der Waals surface area contributed by atoms with E-state index in [4.69, 9.17) is 10.7 Å². The predicted octanol–water partition coefficient (Wildman–Crippen LogP) is 2.66.